The second kappa shape index (κ2) is 7.36. The van der Waals surface area contributed by atoms with Crippen molar-refractivity contribution in [1.29, 1.82) is 0 Å². The molecule has 1 atom stereocenters. The van der Waals surface area contributed by atoms with Gasteiger partial charge in [0.2, 0.25) is 5.91 Å². The lowest BCUT2D eigenvalue weighted by molar-refractivity contribution is -0.137. The van der Waals surface area contributed by atoms with Gasteiger partial charge >= 0.3 is 5.97 Å². The van der Waals surface area contributed by atoms with Gasteiger partial charge in [0.15, 0.2) is 0 Å². The molecule has 1 aliphatic heterocycles. The molecule has 0 aliphatic carbocycles. The van der Waals surface area contributed by atoms with Crippen LogP contribution in [0.3, 0.4) is 0 Å². The van der Waals surface area contributed by atoms with Gasteiger partial charge in [0.25, 0.3) is 0 Å². The zero-order valence-electron chi connectivity index (χ0n) is 11.4. The third kappa shape index (κ3) is 4.64. The number of likely N-dealkylation sites (N-methyl/N-ethyl adjacent to an activating group) is 2. The van der Waals surface area contributed by atoms with Crippen LogP contribution in [0.25, 0.3) is 0 Å². The van der Waals surface area contributed by atoms with Crippen LogP contribution in [0, 0.1) is 0 Å². The van der Waals surface area contributed by atoms with E-state index < -0.39 is 5.97 Å². The lowest BCUT2D eigenvalue weighted by Gasteiger charge is -2.27. The fraction of sp³-hybridized carbons (Fsp3) is 0.846. The molecule has 5 heteroatoms. The van der Waals surface area contributed by atoms with Crippen molar-refractivity contribution in [3.63, 3.8) is 0 Å². The molecule has 0 radical (unpaired) electrons. The molecule has 0 aromatic carbocycles. The minimum Gasteiger partial charge on any atom is -0.481 e. The Morgan fingerprint density at radius 3 is 2.72 bits per heavy atom. The number of hydrogen-bond donors (Lipinski definition) is 1. The Hall–Kier alpha value is -1.10. The quantitative estimate of drug-likeness (QED) is 0.743. The monoisotopic (exact) mass is 256 g/mol. The summed E-state index contributed by atoms with van der Waals surface area (Å²) in [5.74, 6) is -0.780. The average Bonchev–Trinajstić information content (AvgIpc) is 2.75. The summed E-state index contributed by atoms with van der Waals surface area (Å²) in [7, 11) is 1.81. The van der Waals surface area contributed by atoms with Gasteiger partial charge < -0.3 is 10.0 Å². The van der Waals surface area contributed by atoms with Crippen molar-refractivity contribution >= 4 is 11.9 Å². The number of carboxylic acids is 1. The first-order chi connectivity index (χ1) is 8.54. The first-order valence-corrected chi connectivity index (χ1v) is 6.74. The van der Waals surface area contributed by atoms with E-state index in [9.17, 15) is 9.59 Å². The van der Waals surface area contributed by atoms with E-state index in [-0.39, 0.29) is 12.3 Å². The van der Waals surface area contributed by atoms with E-state index in [4.69, 9.17) is 5.11 Å². The van der Waals surface area contributed by atoms with Crippen molar-refractivity contribution in [2.24, 2.45) is 0 Å². The van der Waals surface area contributed by atoms with Gasteiger partial charge in [-0.25, -0.2) is 0 Å². The smallest absolute Gasteiger partial charge is 0.303 e. The number of rotatable bonds is 7. The zero-order chi connectivity index (χ0) is 13.5. The summed E-state index contributed by atoms with van der Waals surface area (Å²) in [6, 6.07) is 0.475. The van der Waals surface area contributed by atoms with E-state index in [1.807, 2.05) is 7.05 Å². The van der Waals surface area contributed by atoms with E-state index in [2.05, 4.69) is 11.8 Å². The molecule has 1 saturated heterocycles. The molecule has 0 bridgehead atoms. The standard InChI is InChI=1S/C13H24N2O3/c1-3-15-9-5-6-11(15)10-14(2)12(16)7-4-8-13(17)18/h11H,3-10H2,1-2H3,(H,17,18). The molecule has 1 amide bonds. The minimum atomic E-state index is -0.835. The third-order valence-electron chi connectivity index (χ3n) is 3.60. The van der Waals surface area contributed by atoms with Crippen molar-refractivity contribution in [2.45, 2.75) is 45.1 Å². The van der Waals surface area contributed by atoms with Crippen LogP contribution in [0.5, 0.6) is 0 Å². The van der Waals surface area contributed by atoms with Crippen molar-refractivity contribution in [2.75, 3.05) is 26.7 Å². The van der Waals surface area contributed by atoms with E-state index in [1.165, 1.54) is 6.42 Å². The highest BCUT2D eigenvalue weighted by atomic mass is 16.4. The fourth-order valence-corrected chi connectivity index (χ4v) is 2.52. The molecule has 0 aromatic rings. The predicted octanol–water partition coefficient (Wildman–Crippen LogP) is 1.18. The topological polar surface area (TPSA) is 60.9 Å². The molecule has 1 aliphatic rings. The molecule has 0 saturated carbocycles. The van der Waals surface area contributed by atoms with Crippen LogP contribution in [-0.4, -0.2) is 59.5 Å². The average molecular weight is 256 g/mol. The summed E-state index contributed by atoms with van der Waals surface area (Å²) < 4.78 is 0. The Morgan fingerprint density at radius 2 is 2.11 bits per heavy atom. The molecule has 104 valence electrons. The fourth-order valence-electron chi connectivity index (χ4n) is 2.52. The number of nitrogens with zero attached hydrogens (tertiary/aromatic N) is 2. The van der Waals surface area contributed by atoms with Gasteiger partial charge in [-0.1, -0.05) is 6.92 Å². The summed E-state index contributed by atoms with van der Waals surface area (Å²) >= 11 is 0. The van der Waals surface area contributed by atoms with Gasteiger partial charge in [0.05, 0.1) is 0 Å². The molecule has 1 unspecified atom stereocenters. The van der Waals surface area contributed by atoms with Crippen LogP contribution in [0.4, 0.5) is 0 Å². The summed E-state index contributed by atoms with van der Waals surface area (Å²) in [6.07, 6.45) is 3.20. The van der Waals surface area contributed by atoms with Crippen molar-refractivity contribution in [3.05, 3.63) is 0 Å². The molecule has 1 fully saturated rings. The summed E-state index contributed by atoms with van der Waals surface area (Å²) in [5, 5.41) is 8.53. The van der Waals surface area contributed by atoms with Crippen LogP contribution in [0.15, 0.2) is 0 Å². The van der Waals surface area contributed by atoms with Gasteiger partial charge in [-0.15, -0.1) is 0 Å². The summed E-state index contributed by atoms with van der Waals surface area (Å²) in [6.45, 7) is 5.07. The normalized spacial score (nSPS) is 20.0. The summed E-state index contributed by atoms with van der Waals surface area (Å²) in [4.78, 5) is 26.4. The first kappa shape index (κ1) is 15.0. The van der Waals surface area contributed by atoms with Crippen LogP contribution in [0.2, 0.25) is 0 Å². The molecule has 1 heterocycles. The molecule has 1 N–H and O–H groups in total. The number of hydrogen-bond acceptors (Lipinski definition) is 3. The number of carboxylic acid groups (broad SMARTS) is 1. The molecule has 5 nitrogen and oxygen atoms in total. The van der Waals surface area contributed by atoms with Crippen molar-refractivity contribution in [3.8, 4) is 0 Å². The van der Waals surface area contributed by atoms with Gasteiger partial charge in [0.1, 0.15) is 0 Å². The Balaban J connectivity index is 2.28. The van der Waals surface area contributed by atoms with Crippen LogP contribution >= 0.6 is 0 Å². The predicted molar refractivity (Wildman–Crippen MR) is 69.4 cm³/mol. The Kier molecular flexibility index (Phi) is 6.12. The Bertz CT molecular complexity index is 294. The number of carbonyl (C=O) groups is 2. The van der Waals surface area contributed by atoms with Gasteiger partial charge in [-0.3, -0.25) is 14.5 Å². The maximum Gasteiger partial charge on any atom is 0.303 e. The van der Waals surface area contributed by atoms with Gasteiger partial charge in [-0.05, 0) is 32.4 Å². The maximum absolute atomic E-state index is 11.8. The summed E-state index contributed by atoms with van der Waals surface area (Å²) in [5.41, 5.74) is 0. The highest BCUT2D eigenvalue weighted by molar-refractivity contribution is 5.76. The molecule has 1 rings (SSSR count). The molecular formula is C13H24N2O3. The highest BCUT2D eigenvalue weighted by Gasteiger charge is 2.25. The van der Waals surface area contributed by atoms with E-state index >= 15 is 0 Å². The number of aliphatic carboxylic acids is 1. The van der Waals surface area contributed by atoms with Gasteiger partial charge in [0, 0.05) is 32.5 Å². The third-order valence-corrected chi connectivity index (χ3v) is 3.60. The van der Waals surface area contributed by atoms with E-state index in [0.29, 0.717) is 18.9 Å². The Morgan fingerprint density at radius 1 is 1.39 bits per heavy atom. The molecule has 18 heavy (non-hydrogen) atoms. The maximum atomic E-state index is 11.8. The second-order valence-corrected chi connectivity index (χ2v) is 4.95. The van der Waals surface area contributed by atoms with Gasteiger partial charge in [-0.2, -0.15) is 0 Å². The second-order valence-electron chi connectivity index (χ2n) is 4.95. The number of likely N-dealkylation sites (tertiary alicyclic amines) is 1. The Labute approximate surface area is 109 Å². The van der Waals surface area contributed by atoms with Crippen molar-refractivity contribution < 1.29 is 14.7 Å². The first-order valence-electron chi connectivity index (χ1n) is 6.74. The zero-order valence-corrected chi connectivity index (χ0v) is 11.4. The molecular weight excluding hydrogens is 232 g/mol. The minimum absolute atomic E-state index is 0.0548. The molecule has 0 aromatic heterocycles. The van der Waals surface area contributed by atoms with Crippen LogP contribution in [-0.2, 0) is 9.59 Å². The van der Waals surface area contributed by atoms with Crippen LogP contribution < -0.4 is 0 Å². The lowest BCUT2D eigenvalue weighted by atomic mass is 10.2. The van der Waals surface area contributed by atoms with Crippen molar-refractivity contribution in [1.82, 2.24) is 9.80 Å². The number of carbonyl (C=O) groups excluding carboxylic acids is 1. The van der Waals surface area contributed by atoms with E-state index in [1.54, 1.807) is 4.90 Å². The number of amides is 1. The van der Waals surface area contributed by atoms with Crippen LogP contribution in [0.1, 0.15) is 39.0 Å². The lowest BCUT2D eigenvalue weighted by Crippen LogP contribution is -2.41. The van der Waals surface area contributed by atoms with E-state index in [0.717, 1.165) is 26.1 Å². The SMILES string of the molecule is CCN1CCCC1CN(C)C(=O)CCCC(=O)O. The largest absolute Gasteiger partial charge is 0.481 e. The highest BCUT2D eigenvalue weighted by Crippen LogP contribution is 2.17. The molecule has 0 spiro atoms.